The fourth-order valence-corrected chi connectivity index (χ4v) is 3.97. The minimum absolute atomic E-state index is 0. The summed E-state index contributed by atoms with van der Waals surface area (Å²) in [6.07, 6.45) is 0.852. The Morgan fingerprint density at radius 3 is 2.57 bits per heavy atom. The molecule has 3 rings (SSSR count). The molecule has 0 saturated carbocycles. The highest BCUT2D eigenvalue weighted by atomic mass is 35.5. The molecule has 2 aromatic carbocycles. The predicted octanol–water partition coefficient (Wildman–Crippen LogP) is 2.62. The van der Waals surface area contributed by atoms with Crippen LogP contribution in [0.3, 0.4) is 0 Å². The second-order valence-electron chi connectivity index (χ2n) is 6.32. The number of nitrogens with one attached hydrogen (secondary N) is 2. The van der Waals surface area contributed by atoms with Crippen molar-refractivity contribution in [2.45, 2.75) is 17.4 Å². The molecule has 2 aromatic rings. The highest BCUT2D eigenvalue weighted by Gasteiger charge is 2.24. The summed E-state index contributed by atoms with van der Waals surface area (Å²) in [6, 6.07) is 8.44. The molecule has 1 aliphatic rings. The van der Waals surface area contributed by atoms with Gasteiger partial charge >= 0.3 is 0 Å². The van der Waals surface area contributed by atoms with Crippen molar-refractivity contribution < 1.29 is 22.0 Å². The van der Waals surface area contributed by atoms with Crippen LogP contribution in [0, 0.1) is 11.6 Å². The smallest absolute Gasteiger partial charge is 0.261 e. The SMILES string of the molecule is CN(C(=O)c1cccc(NS(=O)(=O)c2ccc(F)c(F)c2)c1)C1CCNC1.Cl. The molecule has 0 radical (unpaired) electrons. The number of halogens is 3. The molecule has 152 valence electrons. The van der Waals surface area contributed by atoms with Gasteiger partial charge in [0.15, 0.2) is 11.6 Å². The number of benzene rings is 2. The fourth-order valence-electron chi connectivity index (χ4n) is 2.91. The van der Waals surface area contributed by atoms with Gasteiger partial charge in [-0.1, -0.05) is 6.07 Å². The van der Waals surface area contributed by atoms with Crippen LogP contribution in [0.15, 0.2) is 47.4 Å². The van der Waals surface area contributed by atoms with E-state index < -0.39 is 26.6 Å². The molecule has 1 atom stereocenters. The maximum absolute atomic E-state index is 13.3. The van der Waals surface area contributed by atoms with Crippen LogP contribution in [0.25, 0.3) is 0 Å². The van der Waals surface area contributed by atoms with Gasteiger partial charge in [-0.3, -0.25) is 9.52 Å². The number of hydrogen-bond acceptors (Lipinski definition) is 4. The summed E-state index contributed by atoms with van der Waals surface area (Å²) in [6.45, 7) is 1.56. The fraction of sp³-hybridized carbons (Fsp3) is 0.278. The molecule has 2 N–H and O–H groups in total. The number of sulfonamides is 1. The number of hydrogen-bond donors (Lipinski definition) is 2. The predicted molar refractivity (Wildman–Crippen MR) is 104 cm³/mol. The number of likely N-dealkylation sites (N-methyl/N-ethyl adjacent to an activating group) is 1. The third-order valence-corrected chi connectivity index (χ3v) is 5.84. The van der Waals surface area contributed by atoms with E-state index in [1.165, 1.54) is 12.1 Å². The Hall–Kier alpha value is -2.23. The summed E-state index contributed by atoms with van der Waals surface area (Å²) in [5, 5.41) is 3.19. The first-order chi connectivity index (χ1) is 12.8. The van der Waals surface area contributed by atoms with Crippen molar-refractivity contribution in [3.8, 4) is 0 Å². The van der Waals surface area contributed by atoms with E-state index in [2.05, 4.69) is 10.0 Å². The van der Waals surface area contributed by atoms with E-state index in [1.807, 2.05) is 0 Å². The third kappa shape index (κ3) is 4.78. The van der Waals surface area contributed by atoms with Gasteiger partial charge in [-0.05, 0) is 49.4 Å². The summed E-state index contributed by atoms with van der Waals surface area (Å²) in [4.78, 5) is 13.8. The molecule has 28 heavy (non-hydrogen) atoms. The van der Waals surface area contributed by atoms with Gasteiger partial charge < -0.3 is 10.2 Å². The second-order valence-corrected chi connectivity index (χ2v) is 8.01. The number of anilines is 1. The zero-order chi connectivity index (χ0) is 19.6. The summed E-state index contributed by atoms with van der Waals surface area (Å²) in [5.41, 5.74) is 0.485. The Labute approximate surface area is 168 Å². The topological polar surface area (TPSA) is 78.5 Å². The molecular weight excluding hydrogens is 412 g/mol. The van der Waals surface area contributed by atoms with E-state index in [9.17, 15) is 22.0 Å². The number of carbonyl (C=O) groups excluding carboxylic acids is 1. The Morgan fingerprint density at radius 1 is 1.18 bits per heavy atom. The van der Waals surface area contributed by atoms with E-state index in [4.69, 9.17) is 0 Å². The van der Waals surface area contributed by atoms with Gasteiger partial charge in [0.1, 0.15) is 0 Å². The average molecular weight is 432 g/mol. The standard InChI is InChI=1S/C18H19F2N3O3S.ClH/c1-23(14-7-8-21-11-14)18(24)12-3-2-4-13(9-12)22-27(25,26)15-5-6-16(19)17(20)10-15;/h2-6,9-10,14,21-22H,7-8,11H2,1H3;1H. The van der Waals surface area contributed by atoms with Gasteiger partial charge in [0, 0.05) is 30.9 Å². The van der Waals surface area contributed by atoms with Gasteiger partial charge in [-0.25, -0.2) is 17.2 Å². The molecule has 1 fully saturated rings. The Morgan fingerprint density at radius 2 is 1.93 bits per heavy atom. The van der Waals surface area contributed by atoms with E-state index in [0.717, 1.165) is 25.1 Å². The van der Waals surface area contributed by atoms with Gasteiger partial charge in [0.2, 0.25) is 0 Å². The first-order valence-corrected chi connectivity index (χ1v) is 9.82. The first kappa shape index (κ1) is 22.1. The molecule has 0 aromatic heterocycles. The van der Waals surface area contributed by atoms with Crippen molar-refractivity contribution in [3.63, 3.8) is 0 Å². The molecule has 1 aliphatic heterocycles. The lowest BCUT2D eigenvalue weighted by atomic mass is 10.1. The summed E-state index contributed by atoms with van der Waals surface area (Å²) in [7, 11) is -2.42. The van der Waals surface area contributed by atoms with Crippen LogP contribution >= 0.6 is 12.4 Å². The molecule has 10 heteroatoms. The van der Waals surface area contributed by atoms with Crippen molar-refractivity contribution in [1.82, 2.24) is 10.2 Å². The number of amides is 1. The van der Waals surface area contributed by atoms with Gasteiger partial charge in [-0.2, -0.15) is 0 Å². The van der Waals surface area contributed by atoms with Crippen LogP contribution in [0.5, 0.6) is 0 Å². The molecular formula is C18H20ClF2N3O3S. The molecule has 1 saturated heterocycles. The molecule has 1 unspecified atom stereocenters. The van der Waals surface area contributed by atoms with Gasteiger partial charge in [0.05, 0.1) is 4.90 Å². The van der Waals surface area contributed by atoms with Crippen LogP contribution < -0.4 is 10.0 Å². The summed E-state index contributed by atoms with van der Waals surface area (Å²) >= 11 is 0. The highest BCUT2D eigenvalue weighted by molar-refractivity contribution is 7.92. The molecule has 1 amide bonds. The molecule has 0 bridgehead atoms. The summed E-state index contributed by atoms with van der Waals surface area (Å²) in [5.74, 6) is -2.61. The monoisotopic (exact) mass is 431 g/mol. The van der Waals surface area contributed by atoms with Crippen LogP contribution in [0.2, 0.25) is 0 Å². The normalized spacial score (nSPS) is 16.3. The Balaban J connectivity index is 0.00000280. The molecule has 0 spiro atoms. The lowest BCUT2D eigenvalue weighted by Gasteiger charge is -2.24. The highest BCUT2D eigenvalue weighted by Crippen LogP contribution is 2.20. The van der Waals surface area contributed by atoms with Gasteiger partial charge in [-0.15, -0.1) is 12.4 Å². The van der Waals surface area contributed by atoms with Crippen molar-refractivity contribution in [2.75, 3.05) is 24.9 Å². The van der Waals surface area contributed by atoms with Gasteiger partial charge in [0.25, 0.3) is 15.9 Å². The van der Waals surface area contributed by atoms with Crippen LogP contribution in [-0.2, 0) is 10.0 Å². The van der Waals surface area contributed by atoms with Crippen molar-refractivity contribution in [3.05, 3.63) is 59.7 Å². The maximum Gasteiger partial charge on any atom is 0.261 e. The number of rotatable bonds is 5. The average Bonchev–Trinajstić information content (AvgIpc) is 3.17. The zero-order valence-corrected chi connectivity index (χ0v) is 16.6. The first-order valence-electron chi connectivity index (χ1n) is 8.34. The molecule has 0 aliphatic carbocycles. The second kappa shape index (κ2) is 8.85. The lowest BCUT2D eigenvalue weighted by molar-refractivity contribution is 0.0744. The van der Waals surface area contributed by atoms with Crippen molar-refractivity contribution >= 4 is 34.0 Å². The van der Waals surface area contributed by atoms with E-state index in [0.29, 0.717) is 18.2 Å². The van der Waals surface area contributed by atoms with Crippen LogP contribution in [0.1, 0.15) is 16.8 Å². The maximum atomic E-state index is 13.3. The summed E-state index contributed by atoms with van der Waals surface area (Å²) < 4.78 is 53.4. The van der Waals surface area contributed by atoms with Crippen molar-refractivity contribution in [2.24, 2.45) is 0 Å². The quantitative estimate of drug-likeness (QED) is 0.762. The van der Waals surface area contributed by atoms with Crippen LogP contribution in [-0.4, -0.2) is 45.4 Å². The van der Waals surface area contributed by atoms with Crippen molar-refractivity contribution in [1.29, 1.82) is 0 Å². The Kier molecular flexibility index (Phi) is 6.97. The largest absolute Gasteiger partial charge is 0.337 e. The van der Waals surface area contributed by atoms with Crippen LogP contribution in [0.4, 0.5) is 14.5 Å². The Bertz CT molecular complexity index is 966. The minimum atomic E-state index is -4.12. The van der Waals surface area contributed by atoms with E-state index >= 15 is 0 Å². The molecule has 6 nitrogen and oxygen atoms in total. The minimum Gasteiger partial charge on any atom is -0.337 e. The molecule has 1 heterocycles. The lowest BCUT2D eigenvalue weighted by Crippen LogP contribution is -2.38. The zero-order valence-electron chi connectivity index (χ0n) is 15.0. The number of nitrogens with zero attached hydrogens (tertiary/aromatic N) is 1. The number of carbonyl (C=O) groups is 1. The van der Waals surface area contributed by atoms with E-state index in [-0.39, 0.29) is 30.0 Å². The van der Waals surface area contributed by atoms with E-state index in [1.54, 1.807) is 24.1 Å². The third-order valence-electron chi connectivity index (χ3n) is 4.47.